The van der Waals surface area contributed by atoms with Gasteiger partial charge in [-0.05, 0) is 0 Å². The predicted octanol–water partition coefficient (Wildman–Crippen LogP) is 1.54. The van der Waals surface area contributed by atoms with Crippen LogP contribution < -0.4 is 0 Å². The van der Waals surface area contributed by atoms with Gasteiger partial charge >= 0.3 is 17.9 Å². The maximum Gasteiger partial charge on any atom is 0.303 e. The minimum atomic E-state index is -3.20. The standard InChI is InChI=1S/C15H25O8P/c1-8(2)24(19)7-12(21-9(3)16)13(20-6)14(22-10(4)17)15(24)23-11(5)18/h8,12-15H,7H2,1-6H3/t12-,13-,14+,15-,24?/m1/s1. The molecule has 5 atom stereocenters. The summed E-state index contributed by atoms with van der Waals surface area (Å²) in [5, 5.41) is 0. The summed E-state index contributed by atoms with van der Waals surface area (Å²) in [6.07, 6.45) is -2.89. The van der Waals surface area contributed by atoms with Gasteiger partial charge in [-0.2, -0.15) is 0 Å². The molecule has 24 heavy (non-hydrogen) atoms. The molecule has 1 aliphatic rings. The molecule has 0 aliphatic carbocycles. The molecule has 0 aromatic carbocycles. The highest BCUT2D eigenvalue weighted by atomic mass is 31.2. The van der Waals surface area contributed by atoms with E-state index in [0.717, 1.165) is 0 Å². The van der Waals surface area contributed by atoms with Gasteiger partial charge in [0.15, 0.2) is 11.9 Å². The average Bonchev–Trinajstić information content (AvgIpc) is 2.41. The Balaban J connectivity index is 3.38. The van der Waals surface area contributed by atoms with Gasteiger partial charge < -0.3 is 23.5 Å². The molecule has 1 fully saturated rings. The highest BCUT2D eigenvalue weighted by Crippen LogP contribution is 2.61. The molecule has 0 aromatic rings. The van der Waals surface area contributed by atoms with Gasteiger partial charge in [0, 0.05) is 39.7 Å². The number of carbonyl (C=O) groups excluding carboxylic acids is 3. The maximum atomic E-state index is 13.5. The minimum Gasteiger partial charge on any atom is -0.459 e. The zero-order chi connectivity index (χ0) is 18.7. The Morgan fingerprint density at radius 2 is 1.42 bits per heavy atom. The van der Waals surface area contributed by atoms with E-state index < -0.39 is 49.2 Å². The van der Waals surface area contributed by atoms with Gasteiger partial charge in [0.25, 0.3) is 0 Å². The first-order chi connectivity index (χ1) is 11.0. The van der Waals surface area contributed by atoms with Crippen LogP contribution in [0.4, 0.5) is 0 Å². The zero-order valence-corrected chi connectivity index (χ0v) is 15.7. The Hall–Kier alpha value is -1.40. The van der Waals surface area contributed by atoms with Crippen molar-refractivity contribution in [1.82, 2.24) is 0 Å². The number of rotatable bonds is 5. The van der Waals surface area contributed by atoms with Crippen molar-refractivity contribution in [3.8, 4) is 0 Å². The summed E-state index contributed by atoms with van der Waals surface area (Å²) in [6, 6.07) is 0. The van der Waals surface area contributed by atoms with E-state index in [2.05, 4.69) is 0 Å². The van der Waals surface area contributed by atoms with Gasteiger partial charge in [0.05, 0.1) is 0 Å². The van der Waals surface area contributed by atoms with E-state index in [-0.39, 0.29) is 11.8 Å². The molecule has 1 rings (SSSR count). The van der Waals surface area contributed by atoms with Crippen molar-refractivity contribution in [2.24, 2.45) is 0 Å². The molecular weight excluding hydrogens is 339 g/mol. The van der Waals surface area contributed by atoms with Crippen LogP contribution in [0.15, 0.2) is 0 Å². The third-order valence-electron chi connectivity index (χ3n) is 3.92. The summed E-state index contributed by atoms with van der Waals surface area (Å²) in [4.78, 5) is 34.4. The fourth-order valence-corrected chi connectivity index (χ4v) is 5.98. The fraction of sp³-hybridized carbons (Fsp3) is 0.800. The topological polar surface area (TPSA) is 105 Å². The van der Waals surface area contributed by atoms with Crippen LogP contribution in [0.25, 0.3) is 0 Å². The molecule has 1 saturated heterocycles. The molecule has 0 saturated carbocycles. The maximum absolute atomic E-state index is 13.5. The lowest BCUT2D eigenvalue weighted by Gasteiger charge is -2.45. The SMILES string of the molecule is CO[C@H]1[C@H](OC(C)=O)[C@H](OC(C)=O)P(=O)(C(C)C)C[C@H]1OC(C)=O. The van der Waals surface area contributed by atoms with Crippen LogP contribution in [-0.4, -0.2) is 61.0 Å². The Labute approximate surface area is 141 Å². The van der Waals surface area contributed by atoms with Gasteiger partial charge in [-0.15, -0.1) is 0 Å². The van der Waals surface area contributed by atoms with Crippen molar-refractivity contribution >= 4 is 25.0 Å². The lowest BCUT2D eigenvalue weighted by Crippen LogP contribution is -2.57. The molecule has 0 spiro atoms. The molecule has 1 heterocycles. The molecule has 8 nitrogen and oxygen atoms in total. The molecule has 0 amide bonds. The lowest BCUT2D eigenvalue weighted by molar-refractivity contribution is -0.185. The molecule has 1 unspecified atom stereocenters. The number of ether oxygens (including phenoxy) is 4. The van der Waals surface area contributed by atoms with Crippen LogP contribution in [0.5, 0.6) is 0 Å². The molecule has 0 bridgehead atoms. The van der Waals surface area contributed by atoms with E-state index >= 15 is 0 Å². The van der Waals surface area contributed by atoms with Crippen molar-refractivity contribution in [2.45, 2.75) is 64.4 Å². The molecule has 9 heteroatoms. The molecule has 138 valence electrons. The van der Waals surface area contributed by atoms with Gasteiger partial charge in [0.1, 0.15) is 19.3 Å². The van der Waals surface area contributed by atoms with Crippen molar-refractivity contribution in [3.05, 3.63) is 0 Å². The Morgan fingerprint density at radius 3 is 1.79 bits per heavy atom. The zero-order valence-electron chi connectivity index (χ0n) is 14.8. The van der Waals surface area contributed by atoms with Crippen molar-refractivity contribution < 1.29 is 37.9 Å². The second-order valence-electron chi connectivity index (χ2n) is 6.05. The van der Waals surface area contributed by atoms with E-state index in [1.165, 1.54) is 27.9 Å². The molecule has 1 aliphatic heterocycles. The summed E-state index contributed by atoms with van der Waals surface area (Å²) in [5.41, 5.74) is -0.365. The van der Waals surface area contributed by atoms with Crippen LogP contribution >= 0.6 is 7.14 Å². The molecule has 0 N–H and O–H groups in total. The monoisotopic (exact) mass is 364 g/mol. The summed E-state index contributed by atoms with van der Waals surface area (Å²) in [5.74, 6) is -2.99. The van der Waals surface area contributed by atoms with E-state index in [1.54, 1.807) is 13.8 Å². The first kappa shape index (κ1) is 20.6. The average molecular weight is 364 g/mol. The normalized spacial score (nSPS) is 33.0. The van der Waals surface area contributed by atoms with Crippen LogP contribution in [0.1, 0.15) is 34.6 Å². The second-order valence-corrected chi connectivity index (χ2v) is 9.67. The van der Waals surface area contributed by atoms with Gasteiger partial charge in [0.2, 0.25) is 0 Å². The van der Waals surface area contributed by atoms with Crippen molar-refractivity contribution in [3.63, 3.8) is 0 Å². The summed E-state index contributed by atoms with van der Waals surface area (Å²) >= 11 is 0. The quantitative estimate of drug-likeness (QED) is 0.411. The largest absolute Gasteiger partial charge is 0.459 e. The number of carbonyl (C=O) groups is 3. The van der Waals surface area contributed by atoms with Gasteiger partial charge in [-0.1, -0.05) is 13.8 Å². The predicted molar refractivity (Wildman–Crippen MR) is 85.1 cm³/mol. The lowest BCUT2D eigenvalue weighted by atomic mass is 10.1. The summed E-state index contributed by atoms with van der Waals surface area (Å²) in [7, 11) is -1.85. The van der Waals surface area contributed by atoms with E-state index in [1.807, 2.05) is 0 Å². The Kier molecular flexibility index (Phi) is 6.98. The van der Waals surface area contributed by atoms with E-state index in [4.69, 9.17) is 18.9 Å². The third-order valence-corrected chi connectivity index (χ3v) is 7.86. The van der Waals surface area contributed by atoms with Gasteiger partial charge in [-0.25, -0.2) is 0 Å². The second kappa shape index (κ2) is 8.12. The molecule has 0 radical (unpaired) electrons. The van der Waals surface area contributed by atoms with E-state index in [9.17, 15) is 18.9 Å². The summed E-state index contributed by atoms with van der Waals surface area (Å²) < 4.78 is 34.6. The fourth-order valence-electron chi connectivity index (χ4n) is 2.86. The summed E-state index contributed by atoms with van der Waals surface area (Å²) in [6.45, 7) is 7.05. The van der Waals surface area contributed by atoms with Crippen LogP contribution in [0, 0.1) is 0 Å². The van der Waals surface area contributed by atoms with Crippen LogP contribution in [0.3, 0.4) is 0 Å². The van der Waals surface area contributed by atoms with Crippen molar-refractivity contribution in [1.29, 1.82) is 0 Å². The van der Waals surface area contributed by atoms with Crippen LogP contribution in [-0.2, 0) is 37.9 Å². The smallest absolute Gasteiger partial charge is 0.303 e. The Morgan fingerprint density at radius 1 is 0.917 bits per heavy atom. The molecular formula is C15H25O8P. The van der Waals surface area contributed by atoms with Crippen molar-refractivity contribution in [2.75, 3.05) is 13.3 Å². The van der Waals surface area contributed by atoms with E-state index in [0.29, 0.717) is 0 Å². The first-order valence-corrected chi connectivity index (χ1v) is 9.68. The number of hydrogen-bond acceptors (Lipinski definition) is 8. The Bertz CT molecular complexity index is 544. The van der Waals surface area contributed by atoms with Crippen LogP contribution in [0.2, 0.25) is 0 Å². The highest BCUT2D eigenvalue weighted by molar-refractivity contribution is 7.65. The third kappa shape index (κ3) is 4.57. The number of esters is 3. The number of hydrogen-bond donors (Lipinski definition) is 0. The number of methoxy groups -OCH3 is 1. The van der Waals surface area contributed by atoms with Gasteiger partial charge in [-0.3, -0.25) is 14.4 Å². The highest BCUT2D eigenvalue weighted by Gasteiger charge is 2.57. The first-order valence-electron chi connectivity index (χ1n) is 7.65. The minimum absolute atomic E-state index is 0.0154. The molecule has 0 aromatic heterocycles.